The van der Waals surface area contributed by atoms with Crippen LogP contribution in [0, 0.1) is 0 Å². The zero-order chi connectivity index (χ0) is 13.6. The molecule has 1 N–H and O–H groups in total. The van der Waals surface area contributed by atoms with E-state index in [9.17, 15) is 0 Å². The second-order valence-corrected chi connectivity index (χ2v) is 5.26. The summed E-state index contributed by atoms with van der Waals surface area (Å²) in [7, 11) is 4.16. The van der Waals surface area contributed by atoms with Gasteiger partial charge in [0, 0.05) is 18.3 Å². The molecule has 0 aliphatic heterocycles. The first-order valence-electron chi connectivity index (χ1n) is 6.46. The molecule has 0 bridgehead atoms. The van der Waals surface area contributed by atoms with Crippen molar-refractivity contribution < 1.29 is 4.74 Å². The van der Waals surface area contributed by atoms with E-state index in [1.54, 1.807) is 6.20 Å². The lowest BCUT2D eigenvalue weighted by Gasteiger charge is -2.33. The highest BCUT2D eigenvalue weighted by molar-refractivity contribution is 5.49. The van der Waals surface area contributed by atoms with Crippen LogP contribution in [0.5, 0.6) is 5.75 Å². The number of hydrogen-bond donors (Lipinski definition) is 1. The predicted molar refractivity (Wildman–Crippen MR) is 76.3 cm³/mol. The summed E-state index contributed by atoms with van der Waals surface area (Å²) in [5.74, 6) is 1.65. The molecule has 0 atom stereocenters. The van der Waals surface area contributed by atoms with Crippen LogP contribution in [0.2, 0.25) is 0 Å². The molecule has 1 rings (SSSR count). The van der Waals surface area contributed by atoms with Crippen LogP contribution in [-0.4, -0.2) is 42.7 Å². The number of ether oxygens (including phenoxy) is 1. The van der Waals surface area contributed by atoms with Gasteiger partial charge in [0.25, 0.3) is 0 Å². The first-order chi connectivity index (χ1) is 8.47. The second kappa shape index (κ2) is 6.59. The normalized spacial score (nSPS) is 11.7. The fourth-order valence-corrected chi connectivity index (χ4v) is 1.31. The lowest BCUT2D eigenvalue weighted by molar-refractivity contribution is 0.209. The Balaban J connectivity index is 2.66. The molecule has 0 fully saturated rings. The zero-order valence-corrected chi connectivity index (χ0v) is 12.2. The molecule has 0 saturated carbocycles. The van der Waals surface area contributed by atoms with Gasteiger partial charge in [-0.2, -0.15) is 0 Å². The standard InChI is InChI=1S/C14H25N3O/c1-6-10-18-12-8-7-9-15-13(12)16-11-14(2,3)17(4)5/h7-9H,6,10-11H2,1-5H3,(H,15,16). The summed E-state index contributed by atoms with van der Waals surface area (Å²) in [6.07, 6.45) is 2.78. The number of nitrogens with zero attached hydrogens (tertiary/aromatic N) is 2. The van der Waals surface area contributed by atoms with Gasteiger partial charge in [0.2, 0.25) is 0 Å². The molecule has 0 unspecified atom stereocenters. The van der Waals surface area contributed by atoms with Crippen molar-refractivity contribution in [2.45, 2.75) is 32.7 Å². The SMILES string of the molecule is CCCOc1cccnc1NCC(C)(C)N(C)C. The van der Waals surface area contributed by atoms with E-state index in [-0.39, 0.29) is 5.54 Å². The number of aromatic nitrogens is 1. The molecule has 18 heavy (non-hydrogen) atoms. The topological polar surface area (TPSA) is 37.4 Å². The molecule has 1 aromatic rings. The lowest BCUT2D eigenvalue weighted by Crippen LogP contribution is -2.44. The third kappa shape index (κ3) is 4.18. The number of likely N-dealkylation sites (N-methyl/N-ethyl adjacent to an activating group) is 1. The Hall–Kier alpha value is -1.29. The quantitative estimate of drug-likeness (QED) is 0.808. The van der Waals surface area contributed by atoms with E-state index in [1.807, 2.05) is 12.1 Å². The molecule has 1 heterocycles. The van der Waals surface area contributed by atoms with Crippen molar-refractivity contribution in [3.8, 4) is 5.75 Å². The highest BCUT2D eigenvalue weighted by Crippen LogP contribution is 2.22. The summed E-state index contributed by atoms with van der Waals surface area (Å²) in [5.41, 5.74) is 0.0690. The van der Waals surface area contributed by atoms with E-state index in [1.165, 1.54) is 0 Å². The summed E-state index contributed by atoms with van der Waals surface area (Å²) in [5, 5.41) is 3.37. The molecular formula is C14H25N3O. The Morgan fingerprint density at radius 2 is 2.11 bits per heavy atom. The minimum Gasteiger partial charge on any atom is -0.490 e. The van der Waals surface area contributed by atoms with Crippen molar-refractivity contribution in [1.29, 1.82) is 0 Å². The molecule has 0 aliphatic rings. The minimum atomic E-state index is 0.0690. The molecule has 0 saturated heterocycles. The Morgan fingerprint density at radius 3 is 2.72 bits per heavy atom. The molecule has 4 nitrogen and oxygen atoms in total. The first-order valence-corrected chi connectivity index (χ1v) is 6.46. The molecule has 0 aliphatic carbocycles. The van der Waals surface area contributed by atoms with Crippen LogP contribution in [0.4, 0.5) is 5.82 Å². The van der Waals surface area contributed by atoms with Gasteiger partial charge >= 0.3 is 0 Å². The summed E-state index contributed by atoms with van der Waals surface area (Å²) in [6, 6.07) is 3.85. The van der Waals surface area contributed by atoms with Crippen molar-refractivity contribution in [3.05, 3.63) is 18.3 Å². The largest absolute Gasteiger partial charge is 0.490 e. The minimum absolute atomic E-state index is 0.0690. The van der Waals surface area contributed by atoms with Gasteiger partial charge in [0.05, 0.1) is 6.61 Å². The molecule has 0 radical (unpaired) electrons. The summed E-state index contributed by atoms with van der Waals surface area (Å²) < 4.78 is 5.67. The summed E-state index contributed by atoms with van der Waals surface area (Å²) >= 11 is 0. The number of nitrogens with one attached hydrogen (secondary N) is 1. The van der Waals surface area contributed by atoms with Crippen molar-refractivity contribution in [2.24, 2.45) is 0 Å². The van der Waals surface area contributed by atoms with Gasteiger partial charge < -0.3 is 15.0 Å². The number of hydrogen-bond acceptors (Lipinski definition) is 4. The van der Waals surface area contributed by atoms with Gasteiger partial charge in [-0.1, -0.05) is 6.92 Å². The Labute approximate surface area is 110 Å². The third-order valence-electron chi connectivity index (χ3n) is 3.13. The van der Waals surface area contributed by atoms with Crippen molar-refractivity contribution >= 4 is 5.82 Å². The number of rotatable bonds is 7. The first kappa shape index (κ1) is 14.8. The molecule has 4 heteroatoms. The van der Waals surface area contributed by atoms with E-state index < -0.39 is 0 Å². The van der Waals surface area contributed by atoms with Crippen LogP contribution in [0.1, 0.15) is 27.2 Å². The highest BCUT2D eigenvalue weighted by Gasteiger charge is 2.20. The van der Waals surface area contributed by atoms with E-state index in [0.717, 1.165) is 31.1 Å². The molecule has 0 amide bonds. The number of pyridine rings is 1. The van der Waals surface area contributed by atoms with Crippen LogP contribution in [0.25, 0.3) is 0 Å². The van der Waals surface area contributed by atoms with Gasteiger partial charge in [0.15, 0.2) is 11.6 Å². The van der Waals surface area contributed by atoms with Gasteiger partial charge in [0.1, 0.15) is 0 Å². The van der Waals surface area contributed by atoms with Gasteiger partial charge in [-0.25, -0.2) is 4.98 Å². The maximum atomic E-state index is 5.67. The van der Waals surface area contributed by atoms with E-state index in [4.69, 9.17) is 4.74 Å². The summed E-state index contributed by atoms with van der Waals surface area (Å²) in [6.45, 7) is 8.01. The Kier molecular flexibility index (Phi) is 5.41. The maximum Gasteiger partial charge on any atom is 0.168 e. The van der Waals surface area contributed by atoms with Crippen LogP contribution in [0.15, 0.2) is 18.3 Å². The van der Waals surface area contributed by atoms with Crippen LogP contribution < -0.4 is 10.1 Å². The second-order valence-electron chi connectivity index (χ2n) is 5.26. The molecule has 0 aromatic carbocycles. The fourth-order valence-electron chi connectivity index (χ4n) is 1.31. The average Bonchev–Trinajstić information content (AvgIpc) is 2.34. The lowest BCUT2D eigenvalue weighted by atomic mass is 10.0. The molecule has 0 spiro atoms. The Morgan fingerprint density at radius 1 is 1.39 bits per heavy atom. The highest BCUT2D eigenvalue weighted by atomic mass is 16.5. The molecule has 1 aromatic heterocycles. The Bertz CT molecular complexity index is 364. The van der Waals surface area contributed by atoms with Crippen molar-refractivity contribution in [2.75, 3.05) is 32.6 Å². The van der Waals surface area contributed by atoms with Crippen LogP contribution in [0.3, 0.4) is 0 Å². The fraction of sp³-hybridized carbons (Fsp3) is 0.643. The van der Waals surface area contributed by atoms with Crippen LogP contribution in [-0.2, 0) is 0 Å². The van der Waals surface area contributed by atoms with Gasteiger partial charge in [-0.05, 0) is 46.5 Å². The zero-order valence-electron chi connectivity index (χ0n) is 12.2. The van der Waals surface area contributed by atoms with Gasteiger partial charge in [-0.15, -0.1) is 0 Å². The average molecular weight is 251 g/mol. The third-order valence-corrected chi connectivity index (χ3v) is 3.13. The van der Waals surface area contributed by atoms with Gasteiger partial charge in [-0.3, -0.25) is 0 Å². The molecule has 102 valence electrons. The monoisotopic (exact) mass is 251 g/mol. The smallest absolute Gasteiger partial charge is 0.168 e. The van der Waals surface area contributed by atoms with E-state index in [2.05, 4.69) is 50.1 Å². The molecular weight excluding hydrogens is 226 g/mol. The summed E-state index contributed by atoms with van der Waals surface area (Å²) in [4.78, 5) is 6.53. The number of anilines is 1. The van der Waals surface area contributed by atoms with Crippen molar-refractivity contribution in [1.82, 2.24) is 9.88 Å². The van der Waals surface area contributed by atoms with Crippen LogP contribution >= 0.6 is 0 Å². The van der Waals surface area contributed by atoms with E-state index >= 15 is 0 Å². The maximum absolute atomic E-state index is 5.67. The van der Waals surface area contributed by atoms with Crippen molar-refractivity contribution in [3.63, 3.8) is 0 Å². The predicted octanol–water partition coefficient (Wildman–Crippen LogP) is 2.62. The van der Waals surface area contributed by atoms with E-state index in [0.29, 0.717) is 0 Å².